The van der Waals surface area contributed by atoms with Crippen LogP contribution in [0.1, 0.15) is 37.4 Å². The molecule has 0 aliphatic heterocycles. The van der Waals surface area contributed by atoms with E-state index in [-0.39, 0.29) is 26.7 Å². The Morgan fingerprint density at radius 3 is 2.00 bits per heavy atom. The zero-order chi connectivity index (χ0) is 15.4. The SMILES string of the molecule is O=C1c2ccccc2C(=O)c2c(Br)cc(C(F)(F)F)cc21. The third kappa shape index (κ3) is 2.10. The van der Waals surface area contributed by atoms with Gasteiger partial charge in [-0.15, -0.1) is 0 Å². The van der Waals surface area contributed by atoms with Crippen molar-refractivity contribution in [2.45, 2.75) is 6.18 Å². The lowest BCUT2D eigenvalue weighted by molar-refractivity contribution is -0.137. The van der Waals surface area contributed by atoms with E-state index in [1.54, 1.807) is 12.1 Å². The summed E-state index contributed by atoms with van der Waals surface area (Å²) in [6, 6.07) is 7.65. The fraction of sp³-hybridized carbons (Fsp3) is 0.0667. The summed E-state index contributed by atoms with van der Waals surface area (Å²) in [5.74, 6) is -1.03. The van der Waals surface area contributed by atoms with Gasteiger partial charge in [0.25, 0.3) is 0 Å². The summed E-state index contributed by atoms with van der Waals surface area (Å²) < 4.78 is 38.5. The fourth-order valence-corrected chi connectivity index (χ4v) is 2.98. The Balaban J connectivity index is 2.31. The molecule has 2 aromatic rings. The Morgan fingerprint density at radius 1 is 0.857 bits per heavy atom. The maximum atomic E-state index is 12.8. The van der Waals surface area contributed by atoms with Crippen LogP contribution in [-0.2, 0) is 6.18 Å². The maximum absolute atomic E-state index is 12.8. The van der Waals surface area contributed by atoms with E-state index in [1.165, 1.54) is 12.1 Å². The predicted octanol–water partition coefficient (Wildman–Crippen LogP) is 4.24. The lowest BCUT2D eigenvalue weighted by atomic mass is 9.83. The Morgan fingerprint density at radius 2 is 1.43 bits per heavy atom. The van der Waals surface area contributed by atoms with Crippen molar-refractivity contribution in [2.24, 2.45) is 0 Å². The van der Waals surface area contributed by atoms with Gasteiger partial charge >= 0.3 is 6.18 Å². The van der Waals surface area contributed by atoms with Crippen LogP contribution in [0.2, 0.25) is 0 Å². The van der Waals surface area contributed by atoms with Gasteiger partial charge in [-0.3, -0.25) is 9.59 Å². The lowest BCUT2D eigenvalue weighted by Crippen LogP contribution is -2.22. The quantitative estimate of drug-likeness (QED) is 0.605. The number of rotatable bonds is 0. The minimum absolute atomic E-state index is 0.0216. The van der Waals surface area contributed by atoms with Gasteiger partial charge in [-0.25, -0.2) is 0 Å². The van der Waals surface area contributed by atoms with Gasteiger partial charge in [-0.05, 0) is 28.1 Å². The number of carbonyl (C=O) groups is 2. The molecule has 0 spiro atoms. The molecule has 0 saturated heterocycles. The van der Waals surface area contributed by atoms with Crippen LogP contribution in [0, 0.1) is 0 Å². The van der Waals surface area contributed by atoms with Gasteiger partial charge in [-0.2, -0.15) is 13.2 Å². The number of ketones is 2. The minimum atomic E-state index is -4.59. The summed E-state index contributed by atoms with van der Waals surface area (Å²) in [4.78, 5) is 24.7. The number of halogens is 4. The first-order valence-electron chi connectivity index (χ1n) is 5.90. The lowest BCUT2D eigenvalue weighted by Gasteiger charge is -2.20. The van der Waals surface area contributed by atoms with Gasteiger partial charge in [0.2, 0.25) is 0 Å². The molecule has 1 aliphatic rings. The van der Waals surface area contributed by atoms with Crippen LogP contribution in [0.25, 0.3) is 0 Å². The molecule has 2 nitrogen and oxygen atoms in total. The van der Waals surface area contributed by atoms with Gasteiger partial charge in [-0.1, -0.05) is 24.3 Å². The molecule has 0 fully saturated rings. The molecule has 0 aromatic heterocycles. The molecule has 21 heavy (non-hydrogen) atoms. The molecule has 0 unspecified atom stereocenters. The van der Waals surface area contributed by atoms with Crippen molar-refractivity contribution in [1.29, 1.82) is 0 Å². The van der Waals surface area contributed by atoms with E-state index >= 15 is 0 Å². The average Bonchev–Trinajstić information content (AvgIpc) is 2.43. The smallest absolute Gasteiger partial charge is 0.289 e. The van der Waals surface area contributed by atoms with Crippen LogP contribution < -0.4 is 0 Å². The van der Waals surface area contributed by atoms with Crippen LogP contribution in [0.3, 0.4) is 0 Å². The summed E-state index contributed by atoms with van der Waals surface area (Å²) in [7, 11) is 0. The highest BCUT2D eigenvalue weighted by Crippen LogP contribution is 2.38. The second-order valence-electron chi connectivity index (χ2n) is 4.58. The van der Waals surface area contributed by atoms with Gasteiger partial charge in [0, 0.05) is 26.7 Å². The predicted molar refractivity (Wildman–Crippen MR) is 72.5 cm³/mol. The zero-order valence-electron chi connectivity index (χ0n) is 10.3. The molecule has 0 bridgehead atoms. The summed E-state index contributed by atoms with van der Waals surface area (Å²) >= 11 is 2.97. The molecular formula is C15H6BrF3O2. The van der Waals surface area contributed by atoms with Gasteiger partial charge in [0.05, 0.1) is 5.56 Å². The molecule has 0 radical (unpaired) electrons. The van der Waals surface area contributed by atoms with Crippen LogP contribution in [0.15, 0.2) is 40.9 Å². The standard InChI is InChI=1S/C15H6BrF3O2/c16-11-6-7(15(17,18)19)5-10-12(11)14(21)9-4-2-1-3-8(9)13(10)20/h1-6H. The minimum Gasteiger partial charge on any atom is -0.289 e. The third-order valence-electron chi connectivity index (χ3n) is 3.31. The second kappa shape index (κ2) is 4.53. The molecule has 0 N–H and O–H groups in total. The Hall–Kier alpha value is -1.95. The summed E-state index contributed by atoms with van der Waals surface area (Å²) in [5, 5.41) is 0. The Bertz CT molecular complexity index is 794. The maximum Gasteiger partial charge on any atom is 0.416 e. The van der Waals surface area contributed by atoms with Crippen molar-refractivity contribution in [3.05, 3.63) is 68.7 Å². The van der Waals surface area contributed by atoms with E-state index in [0.717, 1.165) is 12.1 Å². The highest BCUT2D eigenvalue weighted by Gasteiger charge is 2.37. The van der Waals surface area contributed by atoms with Crippen molar-refractivity contribution in [3.63, 3.8) is 0 Å². The second-order valence-corrected chi connectivity index (χ2v) is 5.44. The van der Waals surface area contributed by atoms with E-state index in [9.17, 15) is 22.8 Å². The molecule has 106 valence electrons. The van der Waals surface area contributed by atoms with Crippen molar-refractivity contribution >= 4 is 27.5 Å². The molecule has 0 heterocycles. The van der Waals surface area contributed by atoms with E-state index in [2.05, 4.69) is 15.9 Å². The normalized spacial score (nSPS) is 13.9. The number of fused-ring (bicyclic) bond motifs is 2. The first-order chi connectivity index (χ1) is 9.80. The van der Waals surface area contributed by atoms with Crippen molar-refractivity contribution < 1.29 is 22.8 Å². The summed E-state index contributed by atoms with van der Waals surface area (Å²) in [5.41, 5.74) is -0.877. The number of benzene rings is 2. The first kappa shape index (κ1) is 14.0. The van der Waals surface area contributed by atoms with Crippen molar-refractivity contribution in [2.75, 3.05) is 0 Å². The van der Waals surface area contributed by atoms with Crippen molar-refractivity contribution in [1.82, 2.24) is 0 Å². The van der Waals surface area contributed by atoms with Gasteiger partial charge in [0.15, 0.2) is 11.6 Å². The van der Waals surface area contributed by atoms with Crippen LogP contribution >= 0.6 is 15.9 Å². The van der Waals surface area contributed by atoms with Crippen LogP contribution in [0.5, 0.6) is 0 Å². The highest BCUT2D eigenvalue weighted by atomic mass is 79.9. The van der Waals surface area contributed by atoms with Gasteiger partial charge < -0.3 is 0 Å². The fourth-order valence-electron chi connectivity index (χ4n) is 2.34. The molecule has 1 aliphatic carbocycles. The Kier molecular flexibility index (Phi) is 3.02. The largest absolute Gasteiger partial charge is 0.416 e. The van der Waals surface area contributed by atoms with E-state index in [4.69, 9.17) is 0 Å². The van der Waals surface area contributed by atoms with Gasteiger partial charge in [0.1, 0.15) is 0 Å². The third-order valence-corrected chi connectivity index (χ3v) is 3.93. The molecule has 6 heteroatoms. The van der Waals surface area contributed by atoms with E-state index in [0.29, 0.717) is 0 Å². The molecule has 0 saturated carbocycles. The van der Waals surface area contributed by atoms with Crippen LogP contribution in [0.4, 0.5) is 13.2 Å². The number of hydrogen-bond donors (Lipinski definition) is 0. The molecule has 2 aromatic carbocycles. The molecule has 0 amide bonds. The average molecular weight is 355 g/mol. The monoisotopic (exact) mass is 354 g/mol. The number of alkyl halides is 3. The number of hydrogen-bond acceptors (Lipinski definition) is 2. The first-order valence-corrected chi connectivity index (χ1v) is 6.69. The van der Waals surface area contributed by atoms with E-state index < -0.39 is 23.3 Å². The Labute approximate surface area is 125 Å². The zero-order valence-corrected chi connectivity index (χ0v) is 11.9. The number of carbonyl (C=O) groups excluding carboxylic acids is 2. The summed E-state index contributed by atoms with van der Waals surface area (Å²) in [6.45, 7) is 0. The van der Waals surface area contributed by atoms with Crippen molar-refractivity contribution in [3.8, 4) is 0 Å². The van der Waals surface area contributed by atoms with E-state index in [1.807, 2.05) is 0 Å². The topological polar surface area (TPSA) is 34.1 Å². The van der Waals surface area contributed by atoms with Crippen LogP contribution in [-0.4, -0.2) is 11.6 Å². The molecular weight excluding hydrogens is 349 g/mol. The molecule has 0 atom stereocenters. The summed E-state index contributed by atoms with van der Waals surface area (Å²) in [6.07, 6.45) is -4.59. The molecule has 3 rings (SSSR count). The highest BCUT2D eigenvalue weighted by molar-refractivity contribution is 9.10.